The van der Waals surface area contributed by atoms with E-state index in [0.717, 1.165) is 28.3 Å². The van der Waals surface area contributed by atoms with Crippen LogP contribution in [0.15, 0.2) is 22.8 Å². The van der Waals surface area contributed by atoms with Crippen molar-refractivity contribution in [3.05, 3.63) is 33.9 Å². The van der Waals surface area contributed by atoms with Gasteiger partial charge in [0.05, 0.1) is 15.7 Å². The van der Waals surface area contributed by atoms with E-state index < -0.39 is 11.6 Å². The average Bonchev–Trinajstić information content (AvgIpc) is 2.85. The maximum atomic E-state index is 12.4. The molecule has 1 heterocycles. The van der Waals surface area contributed by atoms with Gasteiger partial charge in [-0.25, -0.2) is 4.79 Å². The molecule has 1 fully saturated rings. The topological polar surface area (TPSA) is 68.5 Å². The second kappa shape index (κ2) is 7.66. The molecule has 0 amide bonds. The lowest BCUT2D eigenvalue weighted by Crippen LogP contribution is -2.26. The van der Waals surface area contributed by atoms with Crippen molar-refractivity contribution in [3.63, 3.8) is 0 Å². The van der Waals surface area contributed by atoms with Gasteiger partial charge in [0.15, 0.2) is 0 Å². The fourth-order valence-corrected chi connectivity index (χ4v) is 4.77. The number of carbonyl (C=O) groups is 2. The number of aromatic carboxylic acids is 1. The molecule has 0 radical (unpaired) electrons. The van der Waals surface area contributed by atoms with Crippen LogP contribution in [0, 0.1) is 0 Å². The molecule has 27 heavy (non-hydrogen) atoms. The Labute approximate surface area is 167 Å². The zero-order valence-electron chi connectivity index (χ0n) is 16.0. The number of hydrogen-bond acceptors (Lipinski definition) is 3. The van der Waals surface area contributed by atoms with E-state index in [1.165, 1.54) is 24.8 Å². The van der Waals surface area contributed by atoms with E-state index in [4.69, 9.17) is 4.74 Å². The molecule has 1 aliphatic rings. The Kier molecular flexibility index (Phi) is 5.65. The van der Waals surface area contributed by atoms with Crippen molar-refractivity contribution in [2.24, 2.45) is 0 Å². The summed E-state index contributed by atoms with van der Waals surface area (Å²) in [4.78, 5) is 23.9. The van der Waals surface area contributed by atoms with Crippen molar-refractivity contribution >= 4 is 38.8 Å². The largest absolute Gasteiger partial charge is 0.478 e. The van der Waals surface area contributed by atoms with Gasteiger partial charge in [-0.3, -0.25) is 4.79 Å². The first kappa shape index (κ1) is 19.9. The Morgan fingerprint density at radius 3 is 2.48 bits per heavy atom. The van der Waals surface area contributed by atoms with Crippen molar-refractivity contribution in [1.29, 1.82) is 0 Å². The molecule has 146 valence electrons. The highest BCUT2D eigenvalue weighted by molar-refractivity contribution is 9.10. The number of hydrogen-bond donors (Lipinski definition) is 1. The Balaban J connectivity index is 2.09. The minimum absolute atomic E-state index is 0.0458. The number of carboxylic acid groups (broad SMARTS) is 1. The van der Waals surface area contributed by atoms with Gasteiger partial charge < -0.3 is 14.4 Å². The third-order valence-corrected chi connectivity index (χ3v) is 5.86. The number of ether oxygens (including phenoxy) is 1. The van der Waals surface area contributed by atoms with Crippen LogP contribution in [0.4, 0.5) is 0 Å². The van der Waals surface area contributed by atoms with E-state index in [9.17, 15) is 14.7 Å². The smallest absolute Gasteiger partial charge is 0.335 e. The molecule has 0 saturated heterocycles. The summed E-state index contributed by atoms with van der Waals surface area (Å²) in [5.74, 6) is -0.889. The summed E-state index contributed by atoms with van der Waals surface area (Å²) in [6.45, 7) is 5.56. The predicted octanol–water partition coefficient (Wildman–Crippen LogP) is 5.49. The van der Waals surface area contributed by atoms with E-state index in [0.29, 0.717) is 5.92 Å². The Hall–Kier alpha value is -1.82. The number of rotatable bonds is 4. The summed E-state index contributed by atoms with van der Waals surface area (Å²) in [6, 6.07) is 5.17. The molecule has 0 spiro atoms. The average molecular weight is 436 g/mol. The van der Waals surface area contributed by atoms with Crippen molar-refractivity contribution in [3.8, 4) is 0 Å². The molecule has 0 unspecified atom stereocenters. The first-order valence-corrected chi connectivity index (χ1v) is 10.2. The number of nitrogens with zero attached hydrogens (tertiary/aromatic N) is 1. The van der Waals surface area contributed by atoms with Crippen molar-refractivity contribution in [1.82, 2.24) is 4.57 Å². The van der Waals surface area contributed by atoms with Crippen molar-refractivity contribution in [2.45, 2.75) is 70.9 Å². The van der Waals surface area contributed by atoms with Crippen LogP contribution in [0.5, 0.6) is 0 Å². The molecule has 0 atom stereocenters. The normalized spacial score (nSPS) is 15.9. The molecule has 0 bridgehead atoms. The van der Waals surface area contributed by atoms with Gasteiger partial charge in [0, 0.05) is 5.39 Å². The zero-order chi connectivity index (χ0) is 19.8. The van der Waals surface area contributed by atoms with E-state index >= 15 is 0 Å². The Morgan fingerprint density at radius 1 is 1.22 bits per heavy atom. The molecule has 1 aromatic carbocycles. The van der Waals surface area contributed by atoms with Gasteiger partial charge in [-0.05, 0) is 73.2 Å². The molecule has 1 aliphatic carbocycles. The van der Waals surface area contributed by atoms with Crippen LogP contribution < -0.4 is 0 Å². The zero-order valence-corrected chi connectivity index (χ0v) is 17.6. The molecule has 5 nitrogen and oxygen atoms in total. The molecule has 6 heteroatoms. The molecule has 3 rings (SSSR count). The van der Waals surface area contributed by atoms with Crippen LogP contribution in [0.1, 0.15) is 74.7 Å². The van der Waals surface area contributed by atoms with Gasteiger partial charge in [0.1, 0.15) is 12.1 Å². The Morgan fingerprint density at radius 2 is 1.89 bits per heavy atom. The maximum absolute atomic E-state index is 12.4. The summed E-state index contributed by atoms with van der Waals surface area (Å²) in [5, 5.41) is 10.4. The third kappa shape index (κ3) is 4.37. The first-order chi connectivity index (χ1) is 12.7. The molecule has 2 aromatic rings. The molecular weight excluding hydrogens is 410 g/mol. The van der Waals surface area contributed by atoms with E-state index in [1.807, 2.05) is 31.4 Å². The SMILES string of the molecule is CC(C)(C)OC(=O)Cn1c(Br)c(C2CCCCC2)c2ccc(C(=O)O)cc21. The van der Waals surface area contributed by atoms with Gasteiger partial charge in [0.2, 0.25) is 0 Å². The fraction of sp³-hybridized carbons (Fsp3) is 0.524. The van der Waals surface area contributed by atoms with Crippen LogP contribution in [0.25, 0.3) is 10.9 Å². The highest BCUT2D eigenvalue weighted by Crippen LogP contribution is 2.42. The van der Waals surface area contributed by atoms with E-state index in [-0.39, 0.29) is 18.1 Å². The van der Waals surface area contributed by atoms with Gasteiger partial charge >= 0.3 is 11.9 Å². The van der Waals surface area contributed by atoms with E-state index in [1.54, 1.807) is 12.1 Å². The third-order valence-electron chi connectivity index (χ3n) is 5.01. The number of aromatic nitrogens is 1. The standard InChI is InChI=1S/C21H26BrNO4/c1-21(2,3)27-17(24)12-23-16-11-14(20(25)26)9-10-15(16)18(19(23)22)13-7-5-4-6-8-13/h9-11,13H,4-8,12H2,1-3H3,(H,25,26). The van der Waals surface area contributed by atoms with Gasteiger partial charge in [-0.1, -0.05) is 25.3 Å². The number of esters is 1. The number of fused-ring (bicyclic) bond motifs is 1. The van der Waals surface area contributed by atoms with Crippen LogP contribution in [0.3, 0.4) is 0 Å². The van der Waals surface area contributed by atoms with Crippen LogP contribution in [-0.4, -0.2) is 27.2 Å². The second-order valence-electron chi connectivity index (χ2n) is 8.25. The van der Waals surface area contributed by atoms with Crippen molar-refractivity contribution in [2.75, 3.05) is 0 Å². The number of carboxylic acids is 1. The van der Waals surface area contributed by atoms with Crippen molar-refractivity contribution < 1.29 is 19.4 Å². The predicted molar refractivity (Wildman–Crippen MR) is 108 cm³/mol. The molecule has 1 N–H and O–H groups in total. The highest BCUT2D eigenvalue weighted by Gasteiger charge is 2.27. The van der Waals surface area contributed by atoms with Crippen LogP contribution >= 0.6 is 15.9 Å². The summed E-state index contributed by atoms with van der Waals surface area (Å²) in [7, 11) is 0. The fourth-order valence-electron chi connectivity index (χ4n) is 3.92. The number of benzene rings is 1. The molecule has 1 aromatic heterocycles. The Bertz CT molecular complexity index is 872. The first-order valence-electron chi connectivity index (χ1n) is 9.44. The molecule has 1 saturated carbocycles. The van der Waals surface area contributed by atoms with Crippen LogP contribution in [-0.2, 0) is 16.1 Å². The summed E-state index contributed by atoms with van der Waals surface area (Å²) in [6.07, 6.45) is 5.88. The van der Waals surface area contributed by atoms with Gasteiger partial charge in [0.25, 0.3) is 0 Å². The quantitative estimate of drug-likeness (QED) is 0.644. The van der Waals surface area contributed by atoms with Crippen LogP contribution in [0.2, 0.25) is 0 Å². The lowest BCUT2D eigenvalue weighted by Gasteiger charge is -2.22. The lowest BCUT2D eigenvalue weighted by molar-refractivity contribution is -0.155. The van der Waals surface area contributed by atoms with E-state index in [2.05, 4.69) is 15.9 Å². The minimum Gasteiger partial charge on any atom is -0.478 e. The maximum Gasteiger partial charge on any atom is 0.335 e. The highest BCUT2D eigenvalue weighted by atomic mass is 79.9. The second-order valence-corrected chi connectivity index (χ2v) is 9.00. The summed E-state index contributed by atoms with van der Waals surface area (Å²) < 4.78 is 8.19. The number of carbonyl (C=O) groups excluding carboxylic acids is 1. The minimum atomic E-state index is -0.975. The monoisotopic (exact) mass is 435 g/mol. The lowest BCUT2D eigenvalue weighted by atomic mass is 9.84. The summed E-state index contributed by atoms with van der Waals surface area (Å²) >= 11 is 3.71. The molecule has 0 aliphatic heterocycles. The summed E-state index contributed by atoms with van der Waals surface area (Å²) in [5.41, 5.74) is 1.59. The van der Waals surface area contributed by atoms with Gasteiger partial charge in [-0.15, -0.1) is 0 Å². The van der Waals surface area contributed by atoms with Gasteiger partial charge in [-0.2, -0.15) is 0 Å². The number of halogens is 1. The molecular formula is C21H26BrNO4.